The molecular formula is C12H18N2O2. The third-order valence-corrected chi connectivity index (χ3v) is 2.48. The van der Waals surface area contributed by atoms with Crippen LogP contribution in [0, 0.1) is 6.92 Å². The van der Waals surface area contributed by atoms with Crippen molar-refractivity contribution in [2.75, 3.05) is 18.0 Å². The lowest BCUT2D eigenvalue weighted by Crippen LogP contribution is -2.42. The maximum atomic E-state index is 10.7. The number of aryl methyl sites for hydroxylation is 1. The second kappa shape index (κ2) is 5.51. The van der Waals surface area contributed by atoms with Gasteiger partial charge in [0.05, 0.1) is 0 Å². The van der Waals surface area contributed by atoms with E-state index in [9.17, 15) is 4.79 Å². The smallest absolute Gasteiger partial charge is 0.322 e. The molecule has 88 valence electrons. The molecular weight excluding hydrogens is 204 g/mol. The molecule has 0 aliphatic carbocycles. The Balaban J connectivity index is 2.78. The molecule has 0 aliphatic heterocycles. The fourth-order valence-corrected chi connectivity index (χ4v) is 1.56. The maximum absolute atomic E-state index is 10.7. The number of nitrogens with zero attached hydrogens (tertiary/aromatic N) is 1. The monoisotopic (exact) mass is 222 g/mol. The molecule has 0 bridgehead atoms. The van der Waals surface area contributed by atoms with E-state index in [1.807, 2.05) is 43.0 Å². The van der Waals surface area contributed by atoms with Crippen molar-refractivity contribution in [3.8, 4) is 0 Å². The van der Waals surface area contributed by atoms with E-state index in [0.29, 0.717) is 6.54 Å². The summed E-state index contributed by atoms with van der Waals surface area (Å²) in [6.07, 6.45) is 0. The van der Waals surface area contributed by atoms with E-state index >= 15 is 0 Å². The van der Waals surface area contributed by atoms with Gasteiger partial charge >= 0.3 is 5.97 Å². The van der Waals surface area contributed by atoms with Crippen molar-refractivity contribution in [3.05, 3.63) is 29.8 Å². The molecule has 0 aromatic heterocycles. The summed E-state index contributed by atoms with van der Waals surface area (Å²) < 4.78 is 0. The SMILES string of the molecule is CCN(CC(N)C(=O)O)c1cccc(C)c1. The lowest BCUT2D eigenvalue weighted by atomic mass is 10.2. The Bertz CT molecular complexity index is 366. The largest absolute Gasteiger partial charge is 0.480 e. The standard InChI is InChI=1S/C12H18N2O2/c1-3-14(8-11(13)12(15)16)10-6-4-5-9(2)7-10/h4-7,11H,3,8,13H2,1-2H3,(H,15,16). The van der Waals surface area contributed by atoms with Crippen LogP contribution in [0.2, 0.25) is 0 Å². The van der Waals surface area contributed by atoms with E-state index in [1.165, 1.54) is 0 Å². The summed E-state index contributed by atoms with van der Waals surface area (Å²) in [4.78, 5) is 12.7. The van der Waals surface area contributed by atoms with E-state index in [4.69, 9.17) is 10.8 Å². The number of benzene rings is 1. The van der Waals surface area contributed by atoms with E-state index in [-0.39, 0.29) is 0 Å². The average Bonchev–Trinajstić information content (AvgIpc) is 2.25. The summed E-state index contributed by atoms with van der Waals surface area (Å²) >= 11 is 0. The minimum atomic E-state index is -0.967. The molecule has 1 aromatic carbocycles. The van der Waals surface area contributed by atoms with Crippen LogP contribution in [0.15, 0.2) is 24.3 Å². The third-order valence-electron chi connectivity index (χ3n) is 2.48. The topological polar surface area (TPSA) is 66.6 Å². The zero-order valence-electron chi connectivity index (χ0n) is 9.68. The van der Waals surface area contributed by atoms with Crippen molar-refractivity contribution < 1.29 is 9.90 Å². The molecule has 1 atom stereocenters. The molecule has 16 heavy (non-hydrogen) atoms. The van der Waals surface area contributed by atoms with Crippen molar-refractivity contribution in [1.82, 2.24) is 0 Å². The fraction of sp³-hybridized carbons (Fsp3) is 0.417. The van der Waals surface area contributed by atoms with Crippen molar-refractivity contribution >= 4 is 11.7 Å². The number of hydrogen-bond donors (Lipinski definition) is 2. The number of anilines is 1. The molecule has 0 heterocycles. The van der Waals surface area contributed by atoms with Gasteiger partial charge in [0.15, 0.2) is 0 Å². The average molecular weight is 222 g/mol. The van der Waals surface area contributed by atoms with Crippen LogP contribution in [-0.2, 0) is 4.79 Å². The molecule has 1 aromatic rings. The minimum absolute atomic E-state index is 0.329. The van der Waals surface area contributed by atoms with Gasteiger partial charge in [0.1, 0.15) is 6.04 Å². The molecule has 0 saturated carbocycles. The Labute approximate surface area is 95.7 Å². The number of aliphatic carboxylic acids is 1. The summed E-state index contributed by atoms with van der Waals surface area (Å²) in [5.41, 5.74) is 7.69. The van der Waals surface area contributed by atoms with Crippen LogP contribution in [-0.4, -0.2) is 30.2 Å². The number of likely N-dealkylation sites (N-methyl/N-ethyl adjacent to an activating group) is 1. The van der Waals surface area contributed by atoms with Crippen LogP contribution in [0.25, 0.3) is 0 Å². The molecule has 0 fully saturated rings. The molecule has 3 N–H and O–H groups in total. The first-order chi connectivity index (χ1) is 7.54. The number of carboxylic acid groups (broad SMARTS) is 1. The zero-order valence-corrected chi connectivity index (χ0v) is 9.68. The third kappa shape index (κ3) is 3.24. The van der Waals surface area contributed by atoms with Gasteiger partial charge < -0.3 is 15.7 Å². The highest BCUT2D eigenvalue weighted by Gasteiger charge is 2.15. The first kappa shape index (κ1) is 12.5. The molecule has 0 aliphatic rings. The molecule has 0 amide bonds. The van der Waals surface area contributed by atoms with Gasteiger partial charge in [-0.2, -0.15) is 0 Å². The highest BCUT2D eigenvalue weighted by Crippen LogP contribution is 2.15. The Morgan fingerprint density at radius 2 is 2.25 bits per heavy atom. The number of carboxylic acids is 1. The van der Waals surface area contributed by atoms with Gasteiger partial charge in [-0.05, 0) is 31.5 Å². The van der Waals surface area contributed by atoms with Crippen molar-refractivity contribution in [1.29, 1.82) is 0 Å². The highest BCUT2D eigenvalue weighted by atomic mass is 16.4. The molecule has 1 rings (SSSR count). The van der Waals surface area contributed by atoms with Gasteiger partial charge in [0, 0.05) is 18.8 Å². The van der Waals surface area contributed by atoms with Crippen LogP contribution in [0.3, 0.4) is 0 Å². The van der Waals surface area contributed by atoms with Gasteiger partial charge in [0.25, 0.3) is 0 Å². The normalized spacial score (nSPS) is 12.2. The minimum Gasteiger partial charge on any atom is -0.480 e. The Kier molecular flexibility index (Phi) is 4.31. The lowest BCUT2D eigenvalue weighted by Gasteiger charge is -2.25. The summed E-state index contributed by atoms with van der Waals surface area (Å²) in [7, 11) is 0. The number of carbonyl (C=O) groups is 1. The van der Waals surface area contributed by atoms with Gasteiger partial charge in [-0.1, -0.05) is 12.1 Å². The van der Waals surface area contributed by atoms with Gasteiger partial charge in [-0.25, -0.2) is 0 Å². The fourth-order valence-electron chi connectivity index (χ4n) is 1.56. The Hall–Kier alpha value is -1.55. The zero-order chi connectivity index (χ0) is 12.1. The van der Waals surface area contributed by atoms with Crippen LogP contribution < -0.4 is 10.6 Å². The summed E-state index contributed by atoms with van der Waals surface area (Å²) in [5, 5.41) is 8.78. The van der Waals surface area contributed by atoms with Gasteiger partial charge in [0.2, 0.25) is 0 Å². The van der Waals surface area contributed by atoms with Crippen molar-refractivity contribution in [2.45, 2.75) is 19.9 Å². The quantitative estimate of drug-likeness (QED) is 0.786. The van der Waals surface area contributed by atoms with E-state index in [0.717, 1.165) is 17.8 Å². The second-order valence-corrected chi connectivity index (χ2v) is 3.82. The predicted molar refractivity (Wildman–Crippen MR) is 64.7 cm³/mol. The Morgan fingerprint density at radius 3 is 2.75 bits per heavy atom. The molecule has 1 unspecified atom stereocenters. The van der Waals surface area contributed by atoms with Crippen LogP contribution in [0.1, 0.15) is 12.5 Å². The number of hydrogen-bond acceptors (Lipinski definition) is 3. The molecule has 4 heteroatoms. The maximum Gasteiger partial charge on any atom is 0.322 e. The summed E-state index contributed by atoms with van der Waals surface area (Å²) in [6.45, 7) is 5.06. The first-order valence-corrected chi connectivity index (χ1v) is 5.34. The van der Waals surface area contributed by atoms with Gasteiger partial charge in [-0.3, -0.25) is 4.79 Å². The first-order valence-electron chi connectivity index (χ1n) is 5.34. The number of nitrogens with two attached hydrogens (primary N) is 1. The lowest BCUT2D eigenvalue weighted by molar-refractivity contribution is -0.138. The number of rotatable bonds is 5. The molecule has 0 radical (unpaired) electrons. The summed E-state index contributed by atoms with van der Waals surface area (Å²) in [5.74, 6) is -0.967. The van der Waals surface area contributed by atoms with E-state index in [2.05, 4.69) is 0 Å². The van der Waals surface area contributed by atoms with Crippen molar-refractivity contribution in [3.63, 3.8) is 0 Å². The predicted octanol–water partition coefficient (Wildman–Crippen LogP) is 1.23. The van der Waals surface area contributed by atoms with Crippen LogP contribution >= 0.6 is 0 Å². The summed E-state index contributed by atoms with van der Waals surface area (Å²) in [6, 6.07) is 7.11. The molecule has 4 nitrogen and oxygen atoms in total. The van der Waals surface area contributed by atoms with E-state index < -0.39 is 12.0 Å². The van der Waals surface area contributed by atoms with Crippen LogP contribution in [0.4, 0.5) is 5.69 Å². The van der Waals surface area contributed by atoms with Crippen molar-refractivity contribution in [2.24, 2.45) is 5.73 Å². The van der Waals surface area contributed by atoms with E-state index in [1.54, 1.807) is 0 Å². The molecule has 0 saturated heterocycles. The second-order valence-electron chi connectivity index (χ2n) is 3.82. The Morgan fingerprint density at radius 1 is 1.56 bits per heavy atom. The van der Waals surface area contributed by atoms with Crippen LogP contribution in [0.5, 0.6) is 0 Å². The van der Waals surface area contributed by atoms with Gasteiger partial charge in [-0.15, -0.1) is 0 Å². The molecule has 0 spiro atoms. The highest BCUT2D eigenvalue weighted by molar-refractivity contribution is 5.74.